The van der Waals surface area contributed by atoms with Gasteiger partial charge in [-0.1, -0.05) is 30.3 Å². The maximum atomic E-state index is 12.7. The largest absolute Gasteiger partial charge is 0.476 e. The lowest BCUT2D eigenvalue weighted by Crippen LogP contribution is -2.25. The summed E-state index contributed by atoms with van der Waals surface area (Å²) in [6.45, 7) is 9.95. The molecule has 0 aliphatic rings. The number of ether oxygens (including phenoxy) is 1. The van der Waals surface area contributed by atoms with E-state index in [4.69, 9.17) is 18.3 Å². The zero-order chi connectivity index (χ0) is 18.4. The Kier molecular flexibility index (Phi) is 7.17. The third kappa shape index (κ3) is 9.18. The van der Waals surface area contributed by atoms with E-state index < -0.39 is 31.6 Å². The number of benzene rings is 1. The summed E-state index contributed by atoms with van der Waals surface area (Å²) in [5.41, 5.74) is -0.658. The maximum Gasteiger partial charge on any atom is 0.476 e. The van der Waals surface area contributed by atoms with Crippen molar-refractivity contribution >= 4 is 13.8 Å². The van der Waals surface area contributed by atoms with Crippen LogP contribution in [0.15, 0.2) is 30.3 Å². The van der Waals surface area contributed by atoms with Gasteiger partial charge >= 0.3 is 13.8 Å². The Morgan fingerprint density at radius 2 is 1.46 bits per heavy atom. The van der Waals surface area contributed by atoms with E-state index in [9.17, 15) is 9.36 Å². The summed E-state index contributed by atoms with van der Waals surface area (Å²) in [6, 6.07) is 9.25. The fraction of sp³-hybridized carbons (Fsp3) is 0.588. The summed E-state index contributed by atoms with van der Waals surface area (Å²) in [5, 5.41) is 0. The lowest BCUT2D eigenvalue weighted by molar-refractivity contribution is -0.148. The van der Waals surface area contributed by atoms with Crippen LogP contribution >= 0.6 is 7.82 Å². The van der Waals surface area contributed by atoms with Crippen molar-refractivity contribution in [2.45, 2.75) is 59.4 Å². The molecule has 0 bridgehead atoms. The molecular weight excluding hydrogens is 331 g/mol. The van der Waals surface area contributed by atoms with Gasteiger partial charge in [-0.2, -0.15) is 0 Å². The predicted molar refractivity (Wildman–Crippen MR) is 91.5 cm³/mol. The molecule has 0 heterocycles. The molecule has 0 saturated heterocycles. The Balaban J connectivity index is 2.60. The number of rotatable bonds is 7. The highest BCUT2D eigenvalue weighted by Crippen LogP contribution is 2.55. The normalized spacial score (nSPS) is 12.9. The highest BCUT2D eigenvalue weighted by molar-refractivity contribution is 7.48. The molecule has 0 atom stereocenters. The van der Waals surface area contributed by atoms with E-state index in [2.05, 4.69) is 0 Å². The van der Waals surface area contributed by atoms with Crippen molar-refractivity contribution in [3.63, 3.8) is 0 Å². The first-order valence-corrected chi connectivity index (χ1v) is 9.20. The molecular formula is C17H27O6P. The van der Waals surface area contributed by atoms with Crippen LogP contribution in [-0.4, -0.2) is 23.8 Å². The van der Waals surface area contributed by atoms with Gasteiger partial charge in [-0.25, -0.2) is 9.36 Å². The minimum Gasteiger partial charge on any atom is -0.459 e. The van der Waals surface area contributed by atoms with Gasteiger partial charge < -0.3 is 4.74 Å². The predicted octanol–water partition coefficient (Wildman–Crippen LogP) is 4.48. The summed E-state index contributed by atoms with van der Waals surface area (Å²) in [5.74, 6) is -0.644. The topological polar surface area (TPSA) is 71.1 Å². The van der Waals surface area contributed by atoms with Crippen molar-refractivity contribution in [3.8, 4) is 0 Å². The number of hydrogen-bond donors (Lipinski definition) is 0. The SMILES string of the molecule is CC(C)(C)OP(=O)(OCC(=O)OCc1ccccc1)OC(C)(C)C. The average molecular weight is 358 g/mol. The molecule has 0 aliphatic heterocycles. The Morgan fingerprint density at radius 3 is 1.92 bits per heavy atom. The Hall–Kier alpha value is -1.20. The number of carbonyl (C=O) groups is 1. The third-order valence-corrected chi connectivity index (χ3v) is 4.34. The van der Waals surface area contributed by atoms with Crippen molar-refractivity contribution in [1.29, 1.82) is 0 Å². The molecule has 0 spiro atoms. The summed E-state index contributed by atoms with van der Waals surface area (Å²) in [7, 11) is -3.91. The first kappa shape index (κ1) is 20.8. The number of hydrogen-bond acceptors (Lipinski definition) is 6. The summed E-state index contributed by atoms with van der Waals surface area (Å²) in [6.07, 6.45) is 0. The Labute approximate surface area is 144 Å². The summed E-state index contributed by atoms with van der Waals surface area (Å²) >= 11 is 0. The smallest absolute Gasteiger partial charge is 0.459 e. The monoisotopic (exact) mass is 358 g/mol. The molecule has 0 unspecified atom stereocenters. The third-order valence-electron chi connectivity index (χ3n) is 2.35. The molecule has 0 aromatic heterocycles. The van der Waals surface area contributed by atoms with E-state index in [0.29, 0.717) is 0 Å². The van der Waals surface area contributed by atoms with E-state index >= 15 is 0 Å². The fourth-order valence-corrected chi connectivity index (χ4v) is 3.40. The quantitative estimate of drug-likeness (QED) is 0.528. The van der Waals surface area contributed by atoms with Crippen molar-refractivity contribution in [2.75, 3.05) is 6.61 Å². The molecule has 0 N–H and O–H groups in total. The van der Waals surface area contributed by atoms with E-state index in [0.717, 1.165) is 5.56 Å². The average Bonchev–Trinajstić information content (AvgIpc) is 2.40. The lowest BCUT2D eigenvalue weighted by atomic mass is 10.2. The molecule has 0 amide bonds. The van der Waals surface area contributed by atoms with Crippen LogP contribution in [0.4, 0.5) is 0 Å². The fourth-order valence-electron chi connectivity index (χ4n) is 1.65. The van der Waals surface area contributed by atoms with E-state index in [1.54, 1.807) is 41.5 Å². The molecule has 24 heavy (non-hydrogen) atoms. The van der Waals surface area contributed by atoms with Crippen LogP contribution in [0.3, 0.4) is 0 Å². The van der Waals surface area contributed by atoms with Gasteiger partial charge in [-0.15, -0.1) is 0 Å². The summed E-state index contributed by atoms with van der Waals surface area (Å²) in [4.78, 5) is 11.8. The first-order valence-electron chi connectivity index (χ1n) is 7.74. The van der Waals surface area contributed by atoms with Gasteiger partial charge in [0.1, 0.15) is 6.61 Å². The first-order chi connectivity index (χ1) is 10.9. The molecule has 0 radical (unpaired) electrons. The second kappa shape index (κ2) is 8.26. The molecule has 1 aromatic carbocycles. The van der Waals surface area contributed by atoms with Crippen LogP contribution in [0.1, 0.15) is 47.1 Å². The van der Waals surface area contributed by atoms with Gasteiger partial charge in [0.2, 0.25) is 0 Å². The second-order valence-corrected chi connectivity index (χ2v) is 8.79. The molecule has 0 aliphatic carbocycles. The molecule has 136 valence electrons. The highest BCUT2D eigenvalue weighted by atomic mass is 31.2. The summed E-state index contributed by atoms with van der Waals surface area (Å²) < 4.78 is 33.8. The molecule has 0 saturated carbocycles. The van der Waals surface area contributed by atoms with Crippen molar-refractivity contribution in [1.82, 2.24) is 0 Å². The van der Waals surface area contributed by atoms with Crippen LogP contribution in [-0.2, 0) is 34.3 Å². The maximum absolute atomic E-state index is 12.7. The van der Waals surface area contributed by atoms with Gasteiger partial charge in [-0.05, 0) is 47.1 Å². The number of carbonyl (C=O) groups excluding carboxylic acids is 1. The van der Waals surface area contributed by atoms with Crippen molar-refractivity contribution in [2.24, 2.45) is 0 Å². The second-order valence-electron chi connectivity index (χ2n) is 7.27. The molecule has 6 nitrogen and oxygen atoms in total. The number of phosphoric ester groups is 1. The lowest BCUT2D eigenvalue weighted by Gasteiger charge is -2.30. The standard InChI is InChI=1S/C17H27O6P/c1-16(2,3)22-24(19,23-17(4,5)6)21-13-15(18)20-12-14-10-8-7-9-11-14/h7-11H,12-13H2,1-6H3. The van der Waals surface area contributed by atoms with E-state index in [1.165, 1.54) is 0 Å². The van der Waals surface area contributed by atoms with Crippen molar-refractivity contribution < 1.29 is 27.7 Å². The molecule has 7 heteroatoms. The van der Waals surface area contributed by atoms with Gasteiger partial charge in [0.25, 0.3) is 0 Å². The Bertz CT molecular complexity index is 551. The Morgan fingerprint density at radius 1 is 0.958 bits per heavy atom. The zero-order valence-electron chi connectivity index (χ0n) is 15.2. The minimum atomic E-state index is -3.91. The van der Waals surface area contributed by atoms with E-state index in [1.807, 2.05) is 30.3 Å². The van der Waals surface area contributed by atoms with Crippen LogP contribution in [0.2, 0.25) is 0 Å². The molecule has 0 fully saturated rings. The number of phosphoric acid groups is 1. The van der Waals surface area contributed by atoms with E-state index in [-0.39, 0.29) is 6.61 Å². The van der Waals surface area contributed by atoms with Gasteiger partial charge in [0.15, 0.2) is 6.61 Å². The molecule has 1 rings (SSSR count). The van der Waals surface area contributed by atoms with Crippen LogP contribution in [0, 0.1) is 0 Å². The van der Waals surface area contributed by atoms with Gasteiger partial charge in [0.05, 0.1) is 11.2 Å². The minimum absolute atomic E-state index is 0.119. The molecule has 1 aromatic rings. The van der Waals surface area contributed by atoms with Crippen LogP contribution in [0.5, 0.6) is 0 Å². The number of esters is 1. The van der Waals surface area contributed by atoms with Gasteiger partial charge in [0, 0.05) is 0 Å². The highest BCUT2D eigenvalue weighted by Gasteiger charge is 2.37. The van der Waals surface area contributed by atoms with Crippen molar-refractivity contribution in [3.05, 3.63) is 35.9 Å². The zero-order valence-corrected chi connectivity index (χ0v) is 16.1. The van der Waals surface area contributed by atoms with Crippen LogP contribution in [0.25, 0.3) is 0 Å². The van der Waals surface area contributed by atoms with Gasteiger partial charge in [-0.3, -0.25) is 13.6 Å². The van der Waals surface area contributed by atoms with Crippen LogP contribution < -0.4 is 0 Å².